The third-order valence-electron chi connectivity index (χ3n) is 1.01. The minimum atomic E-state index is -0.404. The molecule has 0 heterocycles. The molecule has 0 aliphatic rings. The van der Waals surface area contributed by atoms with Crippen LogP contribution in [0.15, 0.2) is 0 Å². The number of aldehydes is 1. The van der Waals surface area contributed by atoms with Crippen LogP contribution in [-0.4, -0.2) is 37.5 Å². The molecule has 0 aliphatic heterocycles. The van der Waals surface area contributed by atoms with Gasteiger partial charge in [-0.2, -0.15) is 0 Å². The maximum absolute atomic E-state index is 10.6. The van der Waals surface area contributed by atoms with Gasteiger partial charge in [-0.15, -0.1) is 0 Å². The second kappa shape index (κ2) is 9.73. The quantitative estimate of drug-likeness (QED) is 0.401. The van der Waals surface area contributed by atoms with Crippen molar-refractivity contribution in [2.24, 2.45) is 0 Å². The van der Waals surface area contributed by atoms with Crippen LogP contribution in [0.2, 0.25) is 0 Å². The fourth-order valence-corrected chi connectivity index (χ4v) is 2.23. The molecule has 13 heavy (non-hydrogen) atoms. The van der Waals surface area contributed by atoms with Crippen LogP contribution in [0.4, 0.5) is 4.79 Å². The molecule has 0 aliphatic carbocycles. The maximum atomic E-state index is 10.6. The standard InChI is InChI=1S/C7H13NO3S2/c1-8-7(10)11-4-6-13-12-5-2-3-9/h3H,2,4-6H2,1H3,(H,8,10). The Hall–Kier alpha value is -0.360. The third-order valence-corrected chi connectivity index (χ3v) is 3.41. The van der Waals surface area contributed by atoms with Gasteiger partial charge in [-0.05, 0) is 0 Å². The zero-order valence-corrected chi connectivity index (χ0v) is 9.08. The van der Waals surface area contributed by atoms with Crippen molar-refractivity contribution in [3.8, 4) is 0 Å². The van der Waals surface area contributed by atoms with Crippen LogP contribution in [0.1, 0.15) is 6.42 Å². The molecule has 0 unspecified atom stereocenters. The number of ether oxygens (including phenoxy) is 1. The van der Waals surface area contributed by atoms with Crippen LogP contribution in [0.5, 0.6) is 0 Å². The van der Waals surface area contributed by atoms with Gasteiger partial charge in [-0.1, -0.05) is 21.6 Å². The molecule has 0 bridgehead atoms. The van der Waals surface area contributed by atoms with E-state index in [2.05, 4.69) is 5.32 Å². The number of carbonyl (C=O) groups is 2. The second-order valence-electron chi connectivity index (χ2n) is 1.99. The van der Waals surface area contributed by atoms with E-state index in [-0.39, 0.29) is 0 Å². The van der Waals surface area contributed by atoms with Gasteiger partial charge < -0.3 is 14.8 Å². The first kappa shape index (κ1) is 12.6. The minimum absolute atomic E-state index is 0.401. The first-order chi connectivity index (χ1) is 6.31. The molecule has 0 saturated carbocycles. The van der Waals surface area contributed by atoms with Crippen molar-refractivity contribution in [1.29, 1.82) is 0 Å². The molecule has 0 radical (unpaired) electrons. The molecule has 6 heteroatoms. The summed E-state index contributed by atoms with van der Waals surface area (Å²) in [6, 6.07) is 0. The van der Waals surface area contributed by atoms with Crippen LogP contribution in [-0.2, 0) is 9.53 Å². The maximum Gasteiger partial charge on any atom is 0.406 e. The molecule has 1 amide bonds. The zero-order chi connectivity index (χ0) is 9.94. The summed E-state index contributed by atoms with van der Waals surface area (Å²) in [7, 11) is 4.73. The van der Waals surface area contributed by atoms with Crippen LogP contribution < -0.4 is 5.32 Å². The molecule has 76 valence electrons. The SMILES string of the molecule is CNC(=O)OCCSSCCC=O. The fourth-order valence-electron chi connectivity index (χ4n) is 0.455. The van der Waals surface area contributed by atoms with E-state index in [0.29, 0.717) is 13.0 Å². The molecule has 0 atom stereocenters. The predicted molar refractivity (Wildman–Crippen MR) is 56.0 cm³/mol. The molecule has 0 aromatic heterocycles. The largest absolute Gasteiger partial charge is 0.449 e. The third kappa shape index (κ3) is 9.55. The van der Waals surface area contributed by atoms with Crippen molar-refractivity contribution in [2.75, 3.05) is 25.2 Å². The highest BCUT2D eigenvalue weighted by molar-refractivity contribution is 8.76. The van der Waals surface area contributed by atoms with Crippen molar-refractivity contribution >= 4 is 34.0 Å². The number of amides is 1. The number of hydrogen-bond donors (Lipinski definition) is 1. The van der Waals surface area contributed by atoms with Gasteiger partial charge in [0.2, 0.25) is 0 Å². The van der Waals surface area contributed by atoms with Crippen molar-refractivity contribution in [2.45, 2.75) is 6.42 Å². The number of hydrogen-bond acceptors (Lipinski definition) is 5. The molecular weight excluding hydrogens is 210 g/mol. The predicted octanol–water partition coefficient (Wildman–Crippen LogP) is 1.31. The molecule has 4 nitrogen and oxygen atoms in total. The molecule has 0 fully saturated rings. The number of alkyl carbamates (subject to hydrolysis) is 1. The van der Waals surface area contributed by atoms with Gasteiger partial charge in [0, 0.05) is 25.0 Å². The number of nitrogens with one attached hydrogen (secondary N) is 1. The lowest BCUT2D eigenvalue weighted by Gasteiger charge is -2.02. The summed E-state index contributed by atoms with van der Waals surface area (Å²) in [5, 5.41) is 2.35. The molecule has 0 aromatic rings. The summed E-state index contributed by atoms with van der Waals surface area (Å²) in [6.07, 6.45) is 1.07. The Morgan fingerprint density at radius 2 is 2.15 bits per heavy atom. The minimum Gasteiger partial charge on any atom is -0.449 e. The van der Waals surface area contributed by atoms with Crippen molar-refractivity contribution < 1.29 is 14.3 Å². The molecule has 0 saturated heterocycles. The molecule has 0 spiro atoms. The van der Waals surface area contributed by atoms with E-state index in [0.717, 1.165) is 17.8 Å². The van der Waals surface area contributed by atoms with E-state index in [9.17, 15) is 9.59 Å². The highest BCUT2D eigenvalue weighted by atomic mass is 33.1. The second-order valence-corrected chi connectivity index (χ2v) is 4.69. The Bertz CT molecular complexity index is 155. The van der Waals surface area contributed by atoms with Gasteiger partial charge in [0.05, 0.1) is 0 Å². The van der Waals surface area contributed by atoms with Gasteiger partial charge in [-0.3, -0.25) is 0 Å². The van der Waals surface area contributed by atoms with Crippen LogP contribution in [0.25, 0.3) is 0 Å². The lowest BCUT2D eigenvalue weighted by molar-refractivity contribution is -0.107. The van der Waals surface area contributed by atoms with Gasteiger partial charge in [0.1, 0.15) is 12.9 Å². The van der Waals surface area contributed by atoms with E-state index < -0.39 is 6.09 Å². The summed E-state index contributed by atoms with van der Waals surface area (Å²) in [5.41, 5.74) is 0. The van der Waals surface area contributed by atoms with Crippen molar-refractivity contribution in [1.82, 2.24) is 5.32 Å². The topological polar surface area (TPSA) is 55.4 Å². The normalized spacial score (nSPS) is 9.31. The summed E-state index contributed by atoms with van der Waals surface area (Å²) in [5.74, 6) is 1.56. The molecule has 0 rings (SSSR count). The molecule has 1 N–H and O–H groups in total. The Kier molecular flexibility index (Phi) is 9.46. The zero-order valence-electron chi connectivity index (χ0n) is 7.45. The Morgan fingerprint density at radius 1 is 1.46 bits per heavy atom. The average molecular weight is 223 g/mol. The van der Waals surface area contributed by atoms with Gasteiger partial charge >= 0.3 is 6.09 Å². The first-order valence-corrected chi connectivity index (χ1v) is 6.32. The molecular formula is C7H13NO3S2. The van der Waals surface area contributed by atoms with E-state index >= 15 is 0 Å². The Morgan fingerprint density at radius 3 is 2.77 bits per heavy atom. The highest BCUT2D eigenvalue weighted by Crippen LogP contribution is 2.20. The first-order valence-electron chi connectivity index (χ1n) is 3.83. The van der Waals surface area contributed by atoms with E-state index in [1.807, 2.05) is 0 Å². The molecule has 0 aromatic carbocycles. The summed E-state index contributed by atoms with van der Waals surface area (Å²) in [6.45, 7) is 0.401. The van der Waals surface area contributed by atoms with Crippen molar-refractivity contribution in [3.05, 3.63) is 0 Å². The van der Waals surface area contributed by atoms with E-state index in [4.69, 9.17) is 4.74 Å². The lowest BCUT2D eigenvalue weighted by Crippen LogP contribution is -2.20. The number of carbonyl (C=O) groups excluding carboxylic acids is 2. The van der Waals surface area contributed by atoms with Crippen LogP contribution >= 0.6 is 21.6 Å². The van der Waals surface area contributed by atoms with Crippen LogP contribution in [0.3, 0.4) is 0 Å². The summed E-state index contributed by atoms with van der Waals surface area (Å²) >= 11 is 0. The summed E-state index contributed by atoms with van der Waals surface area (Å²) in [4.78, 5) is 20.5. The Labute approximate surface area is 85.6 Å². The fraction of sp³-hybridized carbons (Fsp3) is 0.714. The summed E-state index contributed by atoms with van der Waals surface area (Å²) < 4.78 is 4.74. The Balaban J connectivity index is 2.99. The van der Waals surface area contributed by atoms with Gasteiger partial charge in [0.15, 0.2) is 0 Å². The lowest BCUT2D eigenvalue weighted by atomic mass is 10.6. The van der Waals surface area contributed by atoms with Crippen molar-refractivity contribution in [3.63, 3.8) is 0 Å². The van der Waals surface area contributed by atoms with E-state index in [1.165, 1.54) is 7.05 Å². The van der Waals surface area contributed by atoms with E-state index in [1.54, 1.807) is 21.6 Å². The average Bonchev–Trinajstić information content (AvgIpc) is 2.16. The highest BCUT2D eigenvalue weighted by Gasteiger charge is 1.96. The van der Waals surface area contributed by atoms with Crippen LogP contribution in [0, 0.1) is 0 Å². The van der Waals surface area contributed by atoms with Gasteiger partial charge in [-0.25, -0.2) is 4.79 Å². The smallest absolute Gasteiger partial charge is 0.406 e. The van der Waals surface area contributed by atoms with Gasteiger partial charge in [0.25, 0.3) is 0 Å². The monoisotopic (exact) mass is 223 g/mol. The number of rotatable bonds is 7.